The highest BCUT2D eigenvalue weighted by molar-refractivity contribution is 6.32. The van der Waals surface area contributed by atoms with Crippen molar-refractivity contribution in [1.29, 1.82) is 0 Å². The summed E-state index contributed by atoms with van der Waals surface area (Å²) >= 11 is 5.92. The van der Waals surface area contributed by atoms with Crippen LogP contribution in [0.2, 0.25) is 5.02 Å². The molecule has 0 aromatic heterocycles. The number of aliphatic hydroxyl groups is 1. The Labute approximate surface area is 213 Å². The highest BCUT2D eigenvalue weighted by Crippen LogP contribution is 2.35. The first-order valence-electron chi connectivity index (χ1n) is 11.5. The summed E-state index contributed by atoms with van der Waals surface area (Å²) in [7, 11) is 0. The van der Waals surface area contributed by atoms with Crippen molar-refractivity contribution in [1.82, 2.24) is 10.7 Å². The molecule has 1 aliphatic rings. The number of rotatable bonds is 10. The van der Waals surface area contributed by atoms with E-state index in [2.05, 4.69) is 21.2 Å². The Kier molecular flexibility index (Phi) is 8.86. The summed E-state index contributed by atoms with van der Waals surface area (Å²) in [5.74, 6) is -0.179. The molecule has 0 saturated carbocycles. The number of alkyl halides is 3. The van der Waals surface area contributed by atoms with Crippen LogP contribution >= 0.6 is 11.6 Å². The van der Waals surface area contributed by atoms with Crippen molar-refractivity contribution in [3.8, 4) is 5.75 Å². The van der Waals surface area contributed by atoms with Crippen LogP contribution in [0.1, 0.15) is 38.3 Å². The Morgan fingerprint density at radius 1 is 1.22 bits per heavy atom. The second-order valence-electron chi connectivity index (χ2n) is 9.44. The van der Waals surface area contributed by atoms with Gasteiger partial charge in [0, 0.05) is 36.7 Å². The standard InChI is InChI=1S/C25H30ClF3N4O3/c1-15-10-22(35)32-33-23(15)16-4-7-18(8-5-16)30-14-24(2,3)31-12-19(34)13-36-21-11-17(25(27,28)29)6-9-20(21)26/h4-9,11,15,19,30-31,34H,10,12-14H2,1-3H3,(H,32,35). The molecule has 7 nitrogen and oxygen atoms in total. The van der Waals surface area contributed by atoms with Crippen molar-refractivity contribution in [2.24, 2.45) is 11.0 Å². The van der Waals surface area contributed by atoms with Gasteiger partial charge in [-0.2, -0.15) is 18.3 Å². The van der Waals surface area contributed by atoms with E-state index < -0.39 is 23.4 Å². The molecule has 36 heavy (non-hydrogen) atoms. The molecule has 0 spiro atoms. The van der Waals surface area contributed by atoms with Gasteiger partial charge in [-0.15, -0.1) is 0 Å². The van der Waals surface area contributed by atoms with E-state index in [1.165, 1.54) is 0 Å². The number of amides is 1. The normalized spacial score (nSPS) is 17.3. The van der Waals surface area contributed by atoms with Crippen molar-refractivity contribution in [3.05, 3.63) is 58.6 Å². The van der Waals surface area contributed by atoms with Gasteiger partial charge < -0.3 is 20.5 Å². The third-order valence-electron chi connectivity index (χ3n) is 5.68. The van der Waals surface area contributed by atoms with E-state index in [1.807, 2.05) is 45.0 Å². The van der Waals surface area contributed by atoms with Gasteiger partial charge in [-0.25, -0.2) is 5.43 Å². The van der Waals surface area contributed by atoms with E-state index >= 15 is 0 Å². The zero-order chi connectivity index (χ0) is 26.5. The van der Waals surface area contributed by atoms with E-state index in [0.29, 0.717) is 13.0 Å². The Hall–Kier alpha value is -2.82. The molecule has 1 heterocycles. The average Bonchev–Trinajstić information content (AvgIpc) is 2.81. The molecule has 0 aliphatic carbocycles. The van der Waals surface area contributed by atoms with Gasteiger partial charge in [0.1, 0.15) is 18.5 Å². The fraction of sp³-hybridized carbons (Fsp3) is 0.440. The van der Waals surface area contributed by atoms with E-state index in [1.54, 1.807) is 0 Å². The molecule has 4 N–H and O–H groups in total. The molecule has 1 aliphatic heterocycles. The van der Waals surface area contributed by atoms with E-state index in [-0.39, 0.29) is 35.7 Å². The number of anilines is 1. The largest absolute Gasteiger partial charge is 0.489 e. The number of carbonyl (C=O) groups excluding carboxylic acids is 1. The smallest absolute Gasteiger partial charge is 0.416 e. The van der Waals surface area contributed by atoms with Crippen LogP contribution in [0.15, 0.2) is 47.6 Å². The van der Waals surface area contributed by atoms with Crippen LogP contribution in [0.3, 0.4) is 0 Å². The zero-order valence-corrected chi connectivity index (χ0v) is 21.0. The number of halogens is 4. The maximum atomic E-state index is 12.9. The number of β-amino-alcohol motifs (C(OH)–C–C–N with tert-alkyl or cyclic N) is 1. The van der Waals surface area contributed by atoms with Gasteiger partial charge in [-0.3, -0.25) is 4.79 Å². The Morgan fingerprint density at radius 2 is 1.92 bits per heavy atom. The summed E-state index contributed by atoms with van der Waals surface area (Å²) in [4.78, 5) is 11.4. The number of hydrogen-bond acceptors (Lipinski definition) is 6. The van der Waals surface area contributed by atoms with Crippen LogP contribution in [0.5, 0.6) is 5.75 Å². The molecule has 0 saturated heterocycles. The second kappa shape index (κ2) is 11.5. The summed E-state index contributed by atoms with van der Waals surface area (Å²) in [6, 6.07) is 10.6. The van der Waals surface area contributed by atoms with E-state index in [0.717, 1.165) is 35.2 Å². The highest BCUT2D eigenvalue weighted by Gasteiger charge is 2.31. The van der Waals surface area contributed by atoms with Crippen LogP contribution in [-0.4, -0.2) is 48.1 Å². The maximum absolute atomic E-state index is 12.9. The number of hydrogen-bond donors (Lipinski definition) is 4. The van der Waals surface area contributed by atoms with Gasteiger partial charge >= 0.3 is 6.18 Å². The molecule has 0 fully saturated rings. The SMILES string of the molecule is CC1CC(=O)NN=C1c1ccc(NCC(C)(C)NCC(O)COc2cc(C(F)(F)F)ccc2Cl)cc1. The predicted octanol–water partition coefficient (Wildman–Crippen LogP) is 4.44. The van der Waals surface area contributed by atoms with Gasteiger partial charge in [-0.05, 0) is 49.7 Å². The van der Waals surface area contributed by atoms with Crippen LogP contribution in [0.25, 0.3) is 0 Å². The number of hydrazone groups is 1. The number of nitrogens with one attached hydrogen (secondary N) is 3. The lowest BCUT2D eigenvalue weighted by atomic mass is 9.94. The minimum atomic E-state index is -4.51. The van der Waals surface area contributed by atoms with Gasteiger partial charge in [0.2, 0.25) is 5.91 Å². The summed E-state index contributed by atoms with van der Waals surface area (Å²) in [5, 5.41) is 21.0. The van der Waals surface area contributed by atoms with Crippen molar-refractivity contribution in [2.75, 3.05) is 25.0 Å². The molecular formula is C25H30ClF3N4O3. The Morgan fingerprint density at radius 3 is 2.56 bits per heavy atom. The first-order chi connectivity index (χ1) is 16.8. The molecule has 0 radical (unpaired) electrons. The van der Waals surface area contributed by atoms with Gasteiger partial charge in [0.15, 0.2) is 0 Å². The average molecular weight is 527 g/mol. The fourth-order valence-corrected chi connectivity index (χ4v) is 3.75. The lowest BCUT2D eigenvalue weighted by Crippen LogP contribution is -2.49. The number of ether oxygens (including phenoxy) is 1. The van der Waals surface area contributed by atoms with E-state index in [9.17, 15) is 23.1 Å². The van der Waals surface area contributed by atoms with Gasteiger partial charge in [-0.1, -0.05) is 30.7 Å². The number of benzene rings is 2. The third kappa shape index (κ3) is 7.84. The van der Waals surface area contributed by atoms with Crippen molar-refractivity contribution >= 4 is 28.9 Å². The molecular weight excluding hydrogens is 497 g/mol. The molecule has 0 bridgehead atoms. The molecule has 2 aromatic carbocycles. The minimum absolute atomic E-state index is 0.0356. The molecule has 2 aromatic rings. The molecule has 2 unspecified atom stereocenters. The fourth-order valence-electron chi connectivity index (χ4n) is 3.58. The monoisotopic (exact) mass is 526 g/mol. The van der Waals surface area contributed by atoms with Gasteiger partial charge in [0.05, 0.1) is 16.3 Å². The molecule has 1 amide bonds. The molecule has 3 rings (SSSR count). The second-order valence-corrected chi connectivity index (χ2v) is 9.85. The Bertz CT molecular complexity index is 1090. The maximum Gasteiger partial charge on any atom is 0.416 e. The number of nitrogens with zero attached hydrogens (tertiary/aromatic N) is 1. The van der Waals surface area contributed by atoms with Crippen molar-refractivity contribution < 1.29 is 27.8 Å². The Balaban J connectivity index is 1.46. The summed E-state index contributed by atoms with van der Waals surface area (Å²) < 4.78 is 44.0. The zero-order valence-electron chi connectivity index (χ0n) is 20.2. The van der Waals surface area contributed by atoms with Crippen molar-refractivity contribution in [2.45, 2.75) is 45.0 Å². The van der Waals surface area contributed by atoms with Crippen LogP contribution < -0.4 is 20.8 Å². The lowest BCUT2D eigenvalue weighted by Gasteiger charge is -2.28. The molecule has 196 valence electrons. The van der Waals surface area contributed by atoms with E-state index in [4.69, 9.17) is 16.3 Å². The lowest BCUT2D eigenvalue weighted by molar-refractivity contribution is -0.137. The molecule has 11 heteroatoms. The van der Waals surface area contributed by atoms with Gasteiger partial charge in [0.25, 0.3) is 0 Å². The van der Waals surface area contributed by atoms with Crippen LogP contribution in [-0.2, 0) is 11.0 Å². The number of carbonyl (C=O) groups is 1. The van der Waals surface area contributed by atoms with Crippen LogP contribution in [0, 0.1) is 5.92 Å². The predicted molar refractivity (Wildman–Crippen MR) is 133 cm³/mol. The summed E-state index contributed by atoms with van der Waals surface area (Å²) in [6.45, 7) is 6.34. The quantitative estimate of drug-likeness (QED) is 0.367. The topological polar surface area (TPSA) is 95.0 Å². The summed E-state index contributed by atoms with van der Waals surface area (Å²) in [5.41, 5.74) is 3.90. The highest BCUT2D eigenvalue weighted by atomic mass is 35.5. The first-order valence-corrected chi connectivity index (χ1v) is 11.9. The third-order valence-corrected chi connectivity index (χ3v) is 5.99. The molecule has 2 atom stereocenters. The first kappa shape index (κ1) is 27.8. The van der Waals surface area contributed by atoms with Crippen molar-refractivity contribution in [3.63, 3.8) is 0 Å². The minimum Gasteiger partial charge on any atom is -0.489 e. The number of aliphatic hydroxyl groups excluding tert-OH is 1. The summed E-state index contributed by atoms with van der Waals surface area (Å²) in [6.07, 6.45) is -5.07. The van der Waals surface area contributed by atoms with Crippen LogP contribution in [0.4, 0.5) is 18.9 Å².